The van der Waals surface area contributed by atoms with Crippen molar-refractivity contribution in [2.45, 2.75) is 37.6 Å². The van der Waals surface area contributed by atoms with Crippen molar-refractivity contribution in [1.29, 1.82) is 0 Å². The van der Waals surface area contributed by atoms with Crippen LogP contribution in [0.25, 0.3) is 0 Å². The lowest BCUT2D eigenvalue weighted by Crippen LogP contribution is -2.30. The van der Waals surface area contributed by atoms with Crippen LogP contribution in [0.5, 0.6) is 0 Å². The van der Waals surface area contributed by atoms with E-state index in [2.05, 4.69) is 0 Å². The van der Waals surface area contributed by atoms with Crippen LogP contribution < -0.4 is 11.5 Å². The second-order valence-electron chi connectivity index (χ2n) is 4.03. The molecular formula is C9H14N2O2S4. The van der Waals surface area contributed by atoms with Crippen molar-refractivity contribution in [1.82, 2.24) is 0 Å². The molecule has 17 heavy (non-hydrogen) atoms. The molecule has 4 unspecified atom stereocenters. The van der Waals surface area contributed by atoms with Crippen molar-refractivity contribution in [3.05, 3.63) is 0 Å². The highest BCUT2D eigenvalue weighted by Crippen LogP contribution is 2.70. The van der Waals surface area contributed by atoms with Gasteiger partial charge < -0.3 is 11.5 Å². The smallest absolute Gasteiger partial charge is 0.231 e. The van der Waals surface area contributed by atoms with Gasteiger partial charge in [0.15, 0.2) is 2.74 Å². The molecule has 0 aromatic carbocycles. The zero-order chi connectivity index (χ0) is 12.8. The molecule has 96 valence electrons. The highest BCUT2D eigenvalue weighted by Gasteiger charge is 2.56. The maximum atomic E-state index is 11.3. The van der Waals surface area contributed by atoms with E-state index in [1.165, 1.54) is 0 Å². The number of carbonyl (C=O) groups excluding carboxylic acids is 2. The van der Waals surface area contributed by atoms with Gasteiger partial charge in [0.05, 0.1) is 10.5 Å². The van der Waals surface area contributed by atoms with Gasteiger partial charge >= 0.3 is 0 Å². The van der Waals surface area contributed by atoms with E-state index in [0.29, 0.717) is 0 Å². The molecule has 2 heterocycles. The summed E-state index contributed by atoms with van der Waals surface area (Å²) in [5, 5.41) is -0.00898. The first-order valence-corrected chi connectivity index (χ1v) is 8.66. The molecule has 0 aromatic rings. The molecule has 2 saturated heterocycles. The van der Waals surface area contributed by atoms with E-state index < -0.39 is 0 Å². The number of rotatable bonds is 2. The van der Waals surface area contributed by atoms with Crippen LogP contribution in [0.3, 0.4) is 0 Å². The van der Waals surface area contributed by atoms with Crippen LogP contribution in [0.15, 0.2) is 0 Å². The minimum Gasteiger partial charge on any atom is -0.369 e. The molecule has 4 N–H and O–H groups in total. The highest BCUT2D eigenvalue weighted by atomic mass is 32.3. The Morgan fingerprint density at radius 3 is 1.47 bits per heavy atom. The van der Waals surface area contributed by atoms with Gasteiger partial charge in [-0.15, -0.1) is 47.0 Å². The van der Waals surface area contributed by atoms with E-state index in [1.54, 1.807) is 47.0 Å². The Kier molecular flexibility index (Phi) is 3.88. The first-order valence-electron chi connectivity index (χ1n) is 5.14. The Morgan fingerprint density at radius 2 is 1.24 bits per heavy atom. The zero-order valence-corrected chi connectivity index (χ0v) is 12.7. The van der Waals surface area contributed by atoms with E-state index in [0.717, 1.165) is 0 Å². The summed E-state index contributed by atoms with van der Waals surface area (Å²) in [7, 11) is 0. The predicted molar refractivity (Wildman–Crippen MR) is 78.0 cm³/mol. The molecule has 2 amide bonds. The third kappa shape index (κ3) is 2.54. The van der Waals surface area contributed by atoms with Crippen molar-refractivity contribution in [2.75, 3.05) is 0 Å². The minimum atomic E-state index is -0.275. The summed E-state index contributed by atoms with van der Waals surface area (Å²) in [6, 6.07) is 0. The van der Waals surface area contributed by atoms with E-state index in [1.807, 2.05) is 13.8 Å². The van der Waals surface area contributed by atoms with Gasteiger partial charge in [0.2, 0.25) is 11.8 Å². The Hall–Kier alpha value is 0.340. The molecule has 2 aliphatic heterocycles. The highest BCUT2D eigenvalue weighted by molar-refractivity contribution is 8.51. The van der Waals surface area contributed by atoms with Gasteiger partial charge in [0.1, 0.15) is 0 Å². The number of hydrogen-bond donors (Lipinski definition) is 2. The first kappa shape index (κ1) is 13.8. The maximum Gasteiger partial charge on any atom is 0.231 e. The maximum absolute atomic E-state index is 11.3. The quantitative estimate of drug-likeness (QED) is 0.792. The summed E-state index contributed by atoms with van der Waals surface area (Å²) >= 11 is 6.57. The fourth-order valence-electron chi connectivity index (χ4n) is 1.83. The average Bonchev–Trinajstić information content (AvgIpc) is 2.68. The largest absolute Gasteiger partial charge is 0.369 e. The molecule has 4 atom stereocenters. The fraction of sp³-hybridized carbons (Fsp3) is 0.778. The summed E-state index contributed by atoms with van der Waals surface area (Å²) in [6.45, 7) is 4.01. The van der Waals surface area contributed by atoms with Gasteiger partial charge in [-0.05, 0) is 0 Å². The molecule has 2 rings (SSSR count). The van der Waals surface area contributed by atoms with Crippen molar-refractivity contribution in [3.63, 3.8) is 0 Å². The number of thioether (sulfide) groups is 4. The SMILES string of the molecule is CC1SC2(SC(C)C(C(N)=O)S2)SC1C(N)=O. The van der Waals surface area contributed by atoms with Gasteiger partial charge in [-0.25, -0.2) is 0 Å². The summed E-state index contributed by atoms with van der Waals surface area (Å²) in [4.78, 5) is 22.7. The van der Waals surface area contributed by atoms with Crippen LogP contribution >= 0.6 is 47.0 Å². The minimum absolute atomic E-state index is 0.177. The first-order chi connectivity index (χ1) is 7.84. The summed E-state index contributed by atoms with van der Waals surface area (Å²) in [5.41, 5.74) is 10.8. The number of amides is 2. The Morgan fingerprint density at radius 1 is 0.882 bits per heavy atom. The molecule has 8 heteroatoms. The number of carbonyl (C=O) groups is 2. The lowest BCUT2D eigenvalue weighted by molar-refractivity contribution is -0.118. The molecule has 2 aliphatic rings. The standard InChI is InChI=1S/C9H14N2O2S4/c1-3-5(7(10)12)16-9(14-3)15-4(2)6(17-9)8(11)13/h3-6H,1-2H3,(H2,10,12)(H2,11,13). The monoisotopic (exact) mass is 310 g/mol. The lowest BCUT2D eigenvalue weighted by atomic mass is 10.3. The van der Waals surface area contributed by atoms with Gasteiger partial charge in [-0.2, -0.15) is 0 Å². The lowest BCUT2D eigenvalue weighted by Gasteiger charge is -2.19. The molecule has 0 aromatic heterocycles. The zero-order valence-electron chi connectivity index (χ0n) is 9.41. The van der Waals surface area contributed by atoms with E-state index in [9.17, 15) is 9.59 Å². The average molecular weight is 310 g/mol. The second kappa shape index (κ2) is 4.79. The Balaban J connectivity index is 2.14. The van der Waals surface area contributed by atoms with Crippen LogP contribution in [-0.4, -0.2) is 35.6 Å². The molecule has 1 spiro atoms. The third-order valence-corrected chi connectivity index (χ3v) is 10.7. The van der Waals surface area contributed by atoms with Gasteiger partial charge in [-0.3, -0.25) is 9.59 Å². The summed E-state index contributed by atoms with van der Waals surface area (Å²) < 4.78 is -0.196. The summed E-state index contributed by atoms with van der Waals surface area (Å²) in [6.07, 6.45) is 0. The van der Waals surface area contributed by atoms with E-state index >= 15 is 0 Å². The summed E-state index contributed by atoms with van der Waals surface area (Å²) in [5.74, 6) is -0.550. The Bertz CT molecular complexity index is 331. The van der Waals surface area contributed by atoms with Crippen LogP contribution in [0.1, 0.15) is 13.8 Å². The predicted octanol–water partition coefficient (Wildman–Crippen LogP) is 1.04. The third-order valence-electron chi connectivity index (χ3n) is 2.62. The normalized spacial score (nSPS) is 45.3. The van der Waals surface area contributed by atoms with E-state index in [-0.39, 0.29) is 35.6 Å². The van der Waals surface area contributed by atoms with Crippen molar-refractivity contribution in [2.24, 2.45) is 11.5 Å². The van der Waals surface area contributed by atoms with Crippen LogP contribution in [-0.2, 0) is 9.59 Å². The molecule has 0 aliphatic carbocycles. The molecule has 0 saturated carbocycles. The Labute approximate surface area is 117 Å². The molecule has 0 radical (unpaired) electrons. The number of hydrogen-bond acceptors (Lipinski definition) is 6. The van der Waals surface area contributed by atoms with Gasteiger partial charge in [-0.1, -0.05) is 13.8 Å². The molecule has 2 fully saturated rings. The van der Waals surface area contributed by atoms with Crippen LogP contribution in [0, 0.1) is 0 Å². The fourth-order valence-corrected chi connectivity index (χ4v) is 11.1. The van der Waals surface area contributed by atoms with Crippen molar-refractivity contribution in [3.8, 4) is 0 Å². The van der Waals surface area contributed by atoms with Crippen LogP contribution in [0.2, 0.25) is 0 Å². The van der Waals surface area contributed by atoms with Gasteiger partial charge in [0.25, 0.3) is 0 Å². The number of primary amides is 2. The molecule has 4 nitrogen and oxygen atoms in total. The van der Waals surface area contributed by atoms with Gasteiger partial charge in [0, 0.05) is 10.5 Å². The van der Waals surface area contributed by atoms with Crippen molar-refractivity contribution < 1.29 is 9.59 Å². The van der Waals surface area contributed by atoms with Crippen LogP contribution in [0.4, 0.5) is 0 Å². The van der Waals surface area contributed by atoms with Crippen molar-refractivity contribution >= 4 is 58.9 Å². The topological polar surface area (TPSA) is 86.2 Å². The second-order valence-corrected chi connectivity index (χ2v) is 11.5. The molecular weight excluding hydrogens is 296 g/mol. The number of nitrogens with two attached hydrogens (primary N) is 2. The molecule has 0 bridgehead atoms. The van der Waals surface area contributed by atoms with E-state index in [4.69, 9.17) is 11.5 Å².